The molecule has 7 heteroatoms. The number of nitrogens with zero attached hydrogens (tertiary/aromatic N) is 5. The van der Waals surface area contributed by atoms with Crippen LogP contribution in [0.5, 0.6) is 5.75 Å². The molecular formula is C21H27N5O2. The average Bonchev–Trinajstić information content (AvgIpc) is 3.29. The van der Waals surface area contributed by atoms with Crippen LogP contribution in [-0.4, -0.2) is 67.2 Å². The van der Waals surface area contributed by atoms with Gasteiger partial charge in [0.05, 0.1) is 13.5 Å². The second-order valence-electron chi connectivity index (χ2n) is 7.32. The second kappa shape index (κ2) is 8.46. The molecular weight excluding hydrogens is 354 g/mol. The van der Waals surface area contributed by atoms with Crippen LogP contribution in [-0.2, 0) is 11.2 Å². The molecule has 0 bridgehead atoms. The van der Waals surface area contributed by atoms with Crippen molar-refractivity contribution in [3.8, 4) is 5.75 Å². The van der Waals surface area contributed by atoms with Crippen molar-refractivity contribution in [1.29, 1.82) is 0 Å². The molecule has 7 nitrogen and oxygen atoms in total. The Bertz CT molecular complexity index is 797. The molecule has 1 aromatic heterocycles. The first-order valence-corrected chi connectivity index (χ1v) is 9.95. The van der Waals surface area contributed by atoms with Gasteiger partial charge < -0.3 is 19.4 Å². The predicted octanol–water partition coefficient (Wildman–Crippen LogP) is 1.98. The third-order valence-electron chi connectivity index (χ3n) is 5.54. The van der Waals surface area contributed by atoms with Crippen molar-refractivity contribution < 1.29 is 9.53 Å². The van der Waals surface area contributed by atoms with Gasteiger partial charge in [0.15, 0.2) is 0 Å². The standard InChI is InChI=1S/C21H27N5O2/c1-28-18-6-4-17(5-7-18)14-21(27)26-12-10-25(11-13-26)20-15-19(22-16-23-20)24-8-2-3-9-24/h4-7,15-16H,2-3,8-14H2,1H3. The molecule has 4 rings (SSSR count). The summed E-state index contributed by atoms with van der Waals surface area (Å²) in [5.74, 6) is 2.95. The van der Waals surface area contributed by atoms with Gasteiger partial charge in [0.1, 0.15) is 23.7 Å². The van der Waals surface area contributed by atoms with E-state index in [4.69, 9.17) is 4.74 Å². The number of amides is 1. The van der Waals surface area contributed by atoms with Crippen LogP contribution < -0.4 is 14.5 Å². The summed E-state index contributed by atoms with van der Waals surface area (Å²) in [6, 6.07) is 9.78. The number of carbonyl (C=O) groups is 1. The molecule has 1 aromatic carbocycles. The Morgan fingerprint density at radius 1 is 0.929 bits per heavy atom. The first-order chi connectivity index (χ1) is 13.7. The van der Waals surface area contributed by atoms with Crippen molar-refractivity contribution in [3.63, 3.8) is 0 Å². The van der Waals surface area contributed by atoms with Crippen molar-refractivity contribution in [1.82, 2.24) is 14.9 Å². The van der Waals surface area contributed by atoms with Gasteiger partial charge in [0.25, 0.3) is 0 Å². The fraction of sp³-hybridized carbons (Fsp3) is 0.476. The average molecular weight is 381 g/mol. The molecule has 1 amide bonds. The Morgan fingerprint density at radius 2 is 1.54 bits per heavy atom. The highest BCUT2D eigenvalue weighted by Crippen LogP contribution is 2.22. The van der Waals surface area contributed by atoms with Crippen molar-refractivity contribution in [2.75, 3.05) is 56.2 Å². The number of anilines is 2. The number of hydrogen-bond donors (Lipinski definition) is 0. The maximum absolute atomic E-state index is 12.6. The Labute approximate surface area is 165 Å². The van der Waals surface area contributed by atoms with E-state index in [9.17, 15) is 4.79 Å². The molecule has 3 heterocycles. The molecule has 0 saturated carbocycles. The van der Waals surface area contributed by atoms with Crippen molar-refractivity contribution in [2.45, 2.75) is 19.3 Å². The number of methoxy groups -OCH3 is 1. The highest BCUT2D eigenvalue weighted by atomic mass is 16.5. The lowest BCUT2D eigenvalue weighted by Crippen LogP contribution is -2.49. The molecule has 0 atom stereocenters. The molecule has 0 radical (unpaired) electrons. The first-order valence-electron chi connectivity index (χ1n) is 9.95. The molecule has 2 fully saturated rings. The fourth-order valence-electron chi connectivity index (χ4n) is 3.84. The summed E-state index contributed by atoms with van der Waals surface area (Å²) in [6.45, 7) is 5.18. The van der Waals surface area contributed by atoms with E-state index in [0.717, 1.165) is 62.2 Å². The number of rotatable bonds is 5. The van der Waals surface area contributed by atoms with Gasteiger partial charge in [-0.25, -0.2) is 9.97 Å². The molecule has 2 aliphatic rings. The van der Waals surface area contributed by atoms with E-state index in [0.29, 0.717) is 6.42 Å². The van der Waals surface area contributed by atoms with Crippen LogP contribution in [0, 0.1) is 0 Å². The number of aromatic nitrogens is 2. The number of ether oxygens (including phenoxy) is 1. The van der Waals surface area contributed by atoms with Gasteiger partial charge in [-0.05, 0) is 30.5 Å². The van der Waals surface area contributed by atoms with Gasteiger partial charge in [-0.1, -0.05) is 12.1 Å². The zero-order valence-electron chi connectivity index (χ0n) is 16.4. The SMILES string of the molecule is COc1ccc(CC(=O)N2CCN(c3cc(N4CCCC4)ncn3)CC2)cc1. The molecule has 2 aromatic rings. The smallest absolute Gasteiger partial charge is 0.227 e. The minimum Gasteiger partial charge on any atom is -0.497 e. The highest BCUT2D eigenvalue weighted by molar-refractivity contribution is 5.79. The minimum atomic E-state index is 0.172. The zero-order valence-corrected chi connectivity index (χ0v) is 16.4. The second-order valence-corrected chi connectivity index (χ2v) is 7.32. The number of benzene rings is 1. The minimum absolute atomic E-state index is 0.172. The number of carbonyl (C=O) groups excluding carboxylic acids is 1. The predicted molar refractivity (Wildman–Crippen MR) is 109 cm³/mol. The van der Waals surface area contributed by atoms with Gasteiger partial charge in [0, 0.05) is 45.3 Å². The van der Waals surface area contributed by atoms with Gasteiger partial charge in [-0.2, -0.15) is 0 Å². The summed E-state index contributed by atoms with van der Waals surface area (Å²) in [4.78, 5) is 28.0. The van der Waals surface area contributed by atoms with E-state index in [1.54, 1.807) is 13.4 Å². The van der Waals surface area contributed by atoms with Crippen molar-refractivity contribution in [3.05, 3.63) is 42.2 Å². The summed E-state index contributed by atoms with van der Waals surface area (Å²) < 4.78 is 5.17. The summed E-state index contributed by atoms with van der Waals surface area (Å²) in [6.07, 6.45) is 4.55. The van der Waals surface area contributed by atoms with E-state index in [1.165, 1.54) is 12.8 Å². The molecule has 2 aliphatic heterocycles. The van der Waals surface area contributed by atoms with E-state index in [2.05, 4.69) is 25.8 Å². The van der Waals surface area contributed by atoms with Gasteiger partial charge >= 0.3 is 0 Å². The Morgan fingerprint density at radius 3 is 2.14 bits per heavy atom. The molecule has 0 spiro atoms. The Kier molecular flexibility index (Phi) is 5.60. The van der Waals surface area contributed by atoms with Crippen molar-refractivity contribution in [2.24, 2.45) is 0 Å². The molecule has 2 saturated heterocycles. The Balaban J connectivity index is 1.32. The molecule has 28 heavy (non-hydrogen) atoms. The quantitative estimate of drug-likeness (QED) is 0.789. The van der Waals surface area contributed by atoms with Crippen LogP contribution in [0.3, 0.4) is 0 Å². The number of hydrogen-bond acceptors (Lipinski definition) is 6. The van der Waals surface area contributed by atoms with Crippen LogP contribution in [0.15, 0.2) is 36.7 Å². The van der Waals surface area contributed by atoms with Crippen LogP contribution in [0.25, 0.3) is 0 Å². The summed E-state index contributed by atoms with van der Waals surface area (Å²) in [7, 11) is 1.64. The summed E-state index contributed by atoms with van der Waals surface area (Å²) >= 11 is 0. The van der Waals surface area contributed by atoms with Gasteiger partial charge in [0.2, 0.25) is 5.91 Å². The largest absolute Gasteiger partial charge is 0.497 e. The number of piperazine rings is 1. The zero-order chi connectivity index (χ0) is 19.3. The normalized spacial score (nSPS) is 17.1. The summed E-state index contributed by atoms with van der Waals surface area (Å²) in [5.41, 5.74) is 1.01. The van der Waals surface area contributed by atoms with E-state index >= 15 is 0 Å². The lowest BCUT2D eigenvalue weighted by Gasteiger charge is -2.35. The van der Waals surface area contributed by atoms with Gasteiger partial charge in [-0.3, -0.25) is 4.79 Å². The molecule has 0 unspecified atom stereocenters. The molecule has 148 valence electrons. The maximum Gasteiger partial charge on any atom is 0.227 e. The lowest BCUT2D eigenvalue weighted by molar-refractivity contribution is -0.130. The van der Waals surface area contributed by atoms with E-state index < -0.39 is 0 Å². The van der Waals surface area contributed by atoms with Crippen molar-refractivity contribution >= 4 is 17.5 Å². The Hall–Kier alpha value is -2.83. The van der Waals surface area contributed by atoms with E-state index in [1.807, 2.05) is 29.2 Å². The van der Waals surface area contributed by atoms with Crippen LogP contribution in [0.4, 0.5) is 11.6 Å². The highest BCUT2D eigenvalue weighted by Gasteiger charge is 2.23. The topological polar surface area (TPSA) is 61.8 Å². The maximum atomic E-state index is 12.6. The first kappa shape index (κ1) is 18.5. The lowest BCUT2D eigenvalue weighted by atomic mass is 10.1. The molecule has 0 N–H and O–H groups in total. The summed E-state index contributed by atoms with van der Waals surface area (Å²) in [5, 5.41) is 0. The third-order valence-corrected chi connectivity index (χ3v) is 5.54. The monoisotopic (exact) mass is 381 g/mol. The van der Waals surface area contributed by atoms with Gasteiger partial charge in [-0.15, -0.1) is 0 Å². The van der Waals surface area contributed by atoms with Crippen LogP contribution in [0.1, 0.15) is 18.4 Å². The third kappa shape index (κ3) is 4.18. The van der Waals surface area contributed by atoms with E-state index in [-0.39, 0.29) is 5.91 Å². The van der Waals surface area contributed by atoms with Crippen LogP contribution in [0.2, 0.25) is 0 Å². The molecule has 0 aliphatic carbocycles. The van der Waals surface area contributed by atoms with Crippen LogP contribution >= 0.6 is 0 Å². The fourth-order valence-corrected chi connectivity index (χ4v) is 3.84.